The average molecular weight is 460 g/mol. The number of nitrogens with zero attached hydrogens (tertiary/aromatic N) is 3. The van der Waals surface area contributed by atoms with Gasteiger partial charge in [0.25, 0.3) is 0 Å². The summed E-state index contributed by atoms with van der Waals surface area (Å²) in [5, 5.41) is 0. The molecule has 1 aliphatic heterocycles. The van der Waals surface area contributed by atoms with Gasteiger partial charge in [0.05, 0.1) is 17.6 Å². The molecule has 3 aromatic rings. The molecule has 2 aliphatic rings. The normalized spacial score (nSPS) is 19.4. The number of carbonyl (C=O) groups is 1. The second-order valence-corrected chi connectivity index (χ2v) is 10.3. The molecule has 5 rings (SSSR count). The van der Waals surface area contributed by atoms with Crippen LogP contribution in [0.1, 0.15) is 82.0 Å². The summed E-state index contributed by atoms with van der Waals surface area (Å²) in [5.41, 5.74) is 3.50. The predicted molar refractivity (Wildman–Crippen MR) is 136 cm³/mol. The van der Waals surface area contributed by atoms with Crippen LogP contribution in [0.5, 0.6) is 5.75 Å². The van der Waals surface area contributed by atoms with Crippen LogP contribution in [0.3, 0.4) is 0 Å². The van der Waals surface area contributed by atoms with Gasteiger partial charge in [-0.1, -0.05) is 57.4 Å². The van der Waals surface area contributed by atoms with Gasteiger partial charge in [-0.25, -0.2) is 4.98 Å². The van der Waals surface area contributed by atoms with Crippen molar-refractivity contribution in [3.8, 4) is 5.75 Å². The molecule has 2 heterocycles. The van der Waals surface area contributed by atoms with Crippen LogP contribution in [-0.2, 0) is 11.3 Å². The van der Waals surface area contributed by atoms with Crippen LogP contribution in [0, 0.1) is 0 Å². The Kier molecular flexibility index (Phi) is 6.89. The molecule has 2 aromatic carbocycles. The summed E-state index contributed by atoms with van der Waals surface area (Å²) < 4.78 is 8.37. The minimum Gasteiger partial charge on any atom is -0.494 e. The Hall–Kier alpha value is -2.82. The SMILES string of the molecule is CC(C)c1ccc(OCCCn2c(C3CC(=O)N(C4CCCCC4)C3)nc3ccccc32)cc1. The molecule has 1 saturated carbocycles. The molecular formula is C29H37N3O2. The first-order chi connectivity index (χ1) is 16.6. The molecule has 0 spiro atoms. The maximum Gasteiger partial charge on any atom is 0.223 e. The third kappa shape index (κ3) is 4.84. The number of benzene rings is 2. The lowest BCUT2D eigenvalue weighted by Crippen LogP contribution is -2.37. The minimum absolute atomic E-state index is 0.173. The standard InChI is InChI=1S/C29H37N3O2/c1-21(2)22-13-15-25(16-14-22)34-18-8-17-31-27-12-7-6-11-26(27)30-29(31)23-19-28(33)32(20-23)24-9-4-3-5-10-24/h6-7,11-16,21,23-24H,3-5,8-10,17-20H2,1-2H3. The second kappa shape index (κ2) is 10.2. The highest BCUT2D eigenvalue weighted by Gasteiger charge is 2.37. The Morgan fingerprint density at radius 2 is 1.79 bits per heavy atom. The number of imidazole rings is 1. The number of carbonyl (C=O) groups excluding carboxylic acids is 1. The molecule has 1 amide bonds. The molecule has 5 nitrogen and oxygen atoms in total. The van der Waals surface area contributed by atoms with E-state index in [1.807, 2.05) is 6.07 Å². The molecule has 0 bridgehead atoms. The van der Waals surface area contributed by atoms with Crippen molar-refractivity contribution in [2.75, 3.05) is 13.2 Å². The van der Waals surface area contributed by atoms with E-state index in [-0.39, 0.29) is 5.92 Å². The molecule has 2 fully saturated rings. The number of hydrogen-bond acceptors (Lipinski definition) is 3. The Bertz CT molecular complexity index is 1110. The van der Waals surface area contributed by atoms with E-state index < -0.39 is 0 Å². The minimum atomic E-state index is 0.173. The van der Waals surface area contributed by atoms with Gasteiger partial charge in [0.1, 0.15) is 11.6 Å². The molecule has 1 aromatic heterocycles. The summed E-state index contributed by atoms with van der Waals surface area (Å²) in [6, 6.07) is 17.2. The zero-order valence-corrected chi connectivity index (χ0v) is 20.6. The number of likely N-dealkylation sites (tertiary alicyclic amines) is 1. The van der Waals surface area contributed by atoms with Gasteiger partial charge in [-0.3, -0.25) is 4.79 Å². The number of hydrogen-bond donors (Lipinski definition) is 0. The fourth-order valence-corrected chi connectivity index (χ4v) is 5.65. The highest BCUT2D eigenvalue weighted by Crippen LogP contribution is 2.34. The molecular weight excluding hydrogens is 422 g/mol. The summed E-state index contributed by atoms with van der Waals surface area (Å²) in [5.74, 6) is 2.99. The van der Waals surface area contributed by atoms with Gasteiger partial charge in [0.2, 0.25) is 5.91 Å². The smallest absolute Gasteiger partial charge is 0.223 e. The summed E-state index contributed by atoms with van der Waals surface area (Å²) in [6.07, 6.45) is 7.59. The summed E-state index contributed by atoms with van der Waals surface area (Å²) >= 11 is 0. The van der Waals surface area contributed by atoms with Crippen molar-refractivity contribution in [1.82, 2.24) is 14.5 Å². The molecule has 1 aliphatic carbocycles. The molecule has 1 atom stereocenters. The Morgan fingerprint density at radius 3 is 2.56 bits per heavy atom. The molecule has 1 saturated heterocycles. The van der Waals surface area contributed by atoms with Crippen LogP contribution in [0.15, 0.2) is 48.5 Å². The summed E-state index contributed by atoms with van der Waals surface area (Å²) in [6.45, 7) is 6.72. The van der Waals surface area contributed by atoms with E-state index >= 15 is 0 Å². The maximum atomic E-state index is 12.9. The zero-order valence-electron chi connectivity index (χ0n) is 20.6. The fraction of sp³-hybridized carbons (Fsp3) is 0.517. The molecule has 5 heteroatoms. The first kappa shape index (κ1) is 22.9. The van der Waals surface area contributed by atoms with Crippen LogP contribution >= 0.6 is 0 Å². The second-order valence-electron chi connectivity index (χ2n) is 10.3. The Balaban J connectivity index is 1.27. The van der Waals surface area contributed by atoms with E-state index in [2.05, 4.69) is 65.8 Å². The fourth-order valence-electron chi connectivity index (χ4n) is 5.65. The van der Waals surface area contributed by atoms with Gasteiger partial charge in [0.15, 0.2) is 0 Å². The molecule has 180 valence electrons. The van der Waals surface area contributed by atoms with E-state index in [4.69, 9.17) is 9.72 Å². The lowest BCUT2D eigenvalue weighted by atomic mass is 9.94. The number of fused-ring (bicyclic) bond motifs is 1. The molecule has 34 heavy (non-hydrogen) atoms. The van der Waals surface area contributed by atoms with E-state index in [1.54, 1.807) is 0 Å². The number of aromatic nitrogens is 2. The number of aryl methyl sites for hydroxylation is 1. The Morgan fingerprint density at radius 1 is 1.03 bits per heavy atom. The number of ether oxygens (including phenoxy) is 1. The molecule has 0 radical (unpaired) electrons. The van der Waals surface area contributed by atoms with Gasteiger partial charge in [0, 0.05) is 31.5 Å². The van der Waals surface area contributed by atoms with Gasteiger partial charge < -0.3 is 14.2 Å². The van der Waals surface area contributed by atoms with E-state index in [0.29, 0.717) is 30.9 Å². The van der Waals surface area contributed by atoms with Gasteiger partial charge in [-0.2, -0.15) is 0 Å². The number of amides is 1. The first-order valence-corrected chi connectivity index (χ1v) is 13.1. The average Bonchev–Trinajstić information content (AvgIpc) is 3.43. The van der Waals surface area contributed by atoms with Crippen molar-refractivity contribution in [1.29, 1.82) is 0 Å². The van der Waals surface area contributed by atoms with Crippen LogP contribution in [0.2, 0.25) is 0 Å². The first-order valence-electron chi connectivity index (χ1n) is 13.1. The van der Waals surface area contributed by atoms with Crippen LogP contribution in [-0.4, -0.2) is 39.6 Å². The third-order valence-corrected chi connectivity index (χ3v) is 7.56. The van der Waals surface area contributed by atoms with Crippen molar-refractivity contribution in [2.45, 2.75) is 83.2 Å². The number of rotatable bonds is 8. The van der Waals surface area contributed by atoms with Gasteiger partial charge in [-0.05, 0) is 55.0 Å². The number of para-hydroxylation sites is 2. The van der Waals surface area contributed by atoms with Gasteiger partial charge >= 0.3 is 0 Å². The van der Waals surface area contributed by atoms with Crippen molar-refractivity contribution in [3.05, 3.63) is 59.9 Å². The van der Waals surface area contributed by atoms with Crippen molar-refractivity contribution in [2.24, 2.45) is 0 Å². The highest BCUT2D eigenvalue weighted by atomic mass is 16.5. The zero-order chi connectivity index (χ0) is 23.5. The summed E-state index contributed by atoms with van der Waals surface area (Å²) in [4.78, 5) is 20.1. The third-order valence-electron chi connectivity index (χ3n) is 7.56. The molecule has 1 unspecified atom stereocenters. The van der Waals surface area contributed by atoms with Crippen LogP contribution in [0.4, 0.5) is 0 Å². The Labute approximate surface area is 203 Å². The molecule has 0 N–H and O–H groups in total. The highest BCUT2D eigenvalue weighted by molar-refractivity contribution is 5.81. The van der Waals surface area contributed by atoms with Crippen molar-refractivity contribution in [3.63, 3.8) is 0 Å². The lowest BCUT2D eigenvalue weighted by molar-refractivity contribution is -0.130. The van der Waals surface area contributed by atoms with Gasteiger partial charge in [-0.15, -0.1) is 0 Å². The van der Waals surface area contributed by atoms with E-state index in [1.165, 1.54) is 24.8 Å². The van der Waals surface area contributed by atoms with E-state index in [0.717, 1.165) is 55.0 Å². The van der Waals surface area contributed by atoms with Crippen molar-refractivity contribution < 1.29 is 9.53 Å². The topological polar surface area (TPSA) is 47.4 Å². The predicted octanol–water partition coefficient (Wildman–Crippen LogP) is 6.28. The summed E-state index contributed by atoms with van der Waals surface area (Å²) in [7, 11) is 0. The lowest BCUT2D eigenvalue weighted by Gasteiger charge is -2.31. The quantitative estimate of drug-likeness (QED) is 0.373. The van der Waals surface area contributed by atoms with Crippen LogP contribution in [0.25, 0.3) is 11.0 Å². The van der Waals surface area contributed by atoms with E-state index in [9.17, 15) is 4.79 Å². The van der Waals surface area contributed by atoms with Crippen LogP contribution < -0.4 is 4.74 Å². The maximum absolute atomic E-state index is 12.9. The monoisotopic (exact) mass is 459 g/mol. The van der Waals surface area contributed by atoms with Crippen molar-refractivity contribution >= 4 is 16.9 Å². The largest absolute Gasteiger partial charge is 0.494 e.